The van der Waals surface area contributed by atoms with Gasteiger partial charge in [-0.2, -0.15) is 11.3 Å². The molecule has 1 saturated carbocycles. The number of rotatable bonds is 7. The van der Waals surface area contributed by atoms with E-state index in [0.717, 1.165) is 18.6 Å². The summed E-state index contributed by atoms with van der Waals surface area (Å²) in [6.07, 6.45) is 2.18. The van der Waals surface area contributed by atoms with E-state index >= 15 is 0 Å². The van der Waals surface area contributed by atoms with E-state index in [4.69, 9.17) is 9.47 Å². The molecule has 0 aliphatic heterocycles. The van der Waals surface area contributed by atoms with Gasteiger partial charge in [-0.15, -0.1) is 0 Å². The summed E-state index contributed by atoms with van der Waals surface area (Å²) in [5, 5.41) is 4.13. The van der Waals surface area contributed by atoms with Gasteiger partial charge in [-0.3, -0.25) is 4.79 Å². The number of methoxy groups -OCH3 is 1. The molecule has 5 heteroatoms. The van der Waals surface area contributed by atoms with Crippen LogP contribution in [0, 0.1) is 0 Å². The fraction of sp³-hybridized carbons (Fsp3) is 0.353. The highest BCUT2D eigenvalue weighted by Gasteiger charge is 2.32. The largest absolute Gasteiger partial charge is 0.497 e. The van der Waals surface area contributed by atoms with Crippen LogP contribution in [-0.2, 0) is 11.3 Å². The Hall–Kier alpha value is -2.01. The third-order valence-electron chi connectivity index (χ3n) is 3.64. The molecule has 1 fully saturated rings. The molecule has 0 unspecified atom stereocenters. The highest BCUT2D eigenvalue weighted by molar-refractivity contribution is 7.07. The van der Waals surface area contributed by atoms with E-state index in [1.54, 1.807) is 24.5 Å². The van der Waals surface area contributed by atoms with Gasteiger partial charge in [0.25, 0.3) is 5.91 Å². The molecule has 22 heavy (non-hydrogen) atoms. The Morgan fingerprint density at radius 1 is 1.32 bits per heavy atom. The summed E-state index contributed by atoms with van der Waals surface area (Å²) in [4.78, 5) is 14.4. The molecule has 0 atom stereocenters. The van der Waals surface area contributed by atoms with Gasteiger partial charge >= 0.3 is 0 Å². The fourth-order valence-electron chi connectivity index (χ4n) is 2.31. The van der Waals surface area contributed by atoms with Crippen LogP contribution in [0.4, 0.5) is 0 Å². The molecular formula is C17H19NO3S. The maximum Gasteiger partial charge on any atom is 0.261 e. The molecule has 1 amide bonds. The van der Waals surface area contributed by atoms with Crippen LogP contribution < -0.4 is 9.47 Å². The van der Waals surface area contributed by atoms with E-state index in [2.05, 4.69) is 11.4 Å². The minimum atomic E-state index is 0.0384. The monoisotopic (exact) mass is 317 g/mol. The molecular weight excluding hydrogens is 298 g/mol. The predicted octanol–water partition coefficient (Wildman–Crippen LogP) is 3.33. The molecule has 0 N–H and O–H groups in total. The second-order valence-electron chi connectivity index (χ2n) is 5.35. The molecule has 1 aliphatic rings. The third kappa shape index (κ3) is 3.80. The standard InChI is InChI=1S/C17H19NO3S/c1-20-15-3-2-4-16(9-15)21-11-17(19)18(14-5-6-14)10-13-7-8-22-12-13/h2-4,7-9,12,14H,5-6,10-11H2,1H3. The summed E-state index contributed by atoms with van der Waals surface area (Å²) in [5.41, 5.74) is 1.19. The molecule has 1 aliphatic carbocycles. The van der Waals surface area contributed by atoms with Crippen LogP contribution in [0.25, 0.3) is 0 Å². The molecule has 0 spiro atoms. The molecule has 0 radical (unpaired) electrons. The number of benzene rings is 1. The molecule has 0 bridgehead atoms. The Kier molecular flexibility index (Phi) is 4.63. The zero-order chi connectivity index (χ0) is 15.4. The van der Waals surface area contributed by atoms with Gasteiger partial charge in [0.15, 0.2) is 6.61 Å². The van der Waals surface area contributed by atoms with Gasteiger partial charge in [0.1, 0.15) is 11.5 Å². The zero-order valence-electron chi connectivity index (χ0n) is 12.5. The van der Waals surface area contributed by atoms with Crippen molar-refractivity contribution in [3.63, 3.8) is 0 Å². The van der Waals surface area contributed by atoms with Gasteiger partial charge in [-0.05, 0) is 47.4 Å². The summed E-state index contributed by atoms with van der Waals surface area (Å²) in [6.45, 7) is 0.738. The normalized spacial score (nSPS) is 13.7. The lowest BCUT2D eigenvalue weighted by Crippen LogP contribution is -2.36. The SMILES string of the molecule is COc1cccc(OCC(=O)N(Cc2ccsc2)C2CC2)c1. The molecule has 1 heterocycles. The minimum Gasteiger partial charge on any atom is -0.497 e. The van der Waals surface area contributed by atoms with Gasteiger partial charge in [-0.1, -0.05) is 6.07 Å². The van der Waals surface area contributed by atoms with Gasteiger partial charge in [0.05, 0.1) is 7.11 Å². The Morgan fingerprint density at radius 2 is 2.14 bits per heavy atom. The maximum absolute atomic E-state index is 12.5. The summed E-state index contributed by atoms with van der Waals surface area (Å²) in [6, 6.07) is 9.76. The number of amides is 1. The van der Waals surface area contributed by atoms with E-state index in [-0.39, 0.29) is 12.5 Å². The number of carbonyl (C=O) groups is 1. The lowest BCUT2D eigenvalue weighted by molar-refractivity contribution is -0.134. The number of thiophene rings is 1. The number of ether oxygens (including phenoxy) is 2. The van der Waals surface area contributed by atoms with Crippen molar-refractivity contribution in [3.05, 3.63) is 46.7 Å². The Labute approximate surface area is 134 Å². The number of hydrogen-bond donors (Lipinski definition) is 0. The van der Waals surface area contributed by atoms with Crippen LogP contribution in [0.1, 0.15) is 18.4 Å². The Bertz CT molecular complexity index is 623. The van der Waals surface area contributed by atoms with Crippen molar-refractivity contribution < 1.29 is 14.3 Å². The topological polar surface area (TPSA) is 38.8 Å². The number of hydrogen-bond acceptors (Lipinski definition) is 4. The number of carbonyl (C=O) groups excluding carboxylic acids is 1. The third-order valence-corrected chi connectivity index (χ3v) is 4.38. The first kappa shape index (κ1) is 14.9. The second kappa shape index (κ2) is 6.83. The molecule has 1 aromatic carbocycles. The van der Waals surface area contributed by atoms with Crippen molar-refractivity contribution in [3.8, 4) is 11.5 Å². The van der Waals surface area contributed by atoms with E-state index in [9.17, 15) is 4.79 Å². The molecule has 2 aromatic rings. The van der Waals surface area contributed by atoms with Crippen molar-refractivity contribution >= 4 is 17.2 Å². The van der Waals surface area contributed by atoms with Crippen LogP contribution in [0.15, 0.2) is 41.1 Å². The fourth-order valence-corrected chi connectivity index (χ4v) is 2.97. The van der Waals surface area contributed by atoms with Crippen molar-refractivity contribution in [1.82, 2.24) is 4.90 Å². The van der Waals surface area contributed by atoms with Crippen LogP contribution in [-0.4, -0.2) is 30.6 Å². The van der Waals surface area contributed by atoms with Crippen molar-refractivity contribution in [2.45, 2.75) is 25.4 Å². The van der Waals surface area contributed by atoms with Crippen LogP contribution in [0.3, 0.4) is 0 Å². The highest BCUT2D eigenvalue weighted by atomic mass is 32.1. The minimum absolute atomic E-state index is 0.0384. The average Bonchev–Trinajstić information content (AvgIpc) is 3.26. The maximum atomic E-state index is 12.5. The molecule has 116 valence electrons. The Morgan fingerprint density at radius 3 is 2.82 bits per heavy atom. The van der Waals surface area contributed by atoms with Crippen molar-refractivity contribution in [2.75, 3.05) is 13.7 Å². The Balaban J connectivity index is 1.59. The van der Waals surface area contributed by atoms with Gasteiger partial charge in [0, 0.05) is 18.7 Å². The molecule has 0 saturated heterocycles. The number of nitrogens with zero attached hydrogens (tertiary/aromatic N) is 1. The van der Waals surface area contributed by atoms with E-state index < -0.39 is 0 Å². The van der Waals surface area contributed by atoms with Gasteiger partial charge in [-0.25, -0.2) is 0 Å². The van der Waals surface area contributed by atoms with E-state index in [1.807, 2.05) is 28.5 Å². The average molecular weight is 317 g/mol. The van der Waals surface area contributed by atoms with Crippen molar-refractivity contribution in [1.29, 1.82) is 0 Å². The first-order valence-electron chi connectivity index (χ1n) is 7.33. The lowest BCUT2D eigenvalue weighted by Gasteiger charge is -2.22. The van der Waals surface area contributed by atoms with Crippen molar-refractivity contribution in [2.24, 2.45) is 0 Å². The summed E-state index contributed by atoms with van der Waals surface area (Å²) in [5.74, 6) is 1.41. The second-order valence-corrected chi connectivity index (χ2v) is 6.13. The van der Waals surface area contributed by atoms with Crippen LogP contribution >= 0.6 is 11.3 Å². The summed E-state index contributed by atoms with van der Waals surface area (Å²) >= 11 is 1.66. The zero-order valence-corrected chi connectivity index (χ0v) is 13.3. The van der Waals surface area contributed by atoms with E-state index in [0.29, 0.717) is 18.3 Å². The van der Waals surface area contributed by atoms with Gasteiger partial charge in [0.2, 0.25) is 0 Å². The molecule has 1 aromatic heterocycles. The first-order valence-corrected chi connectivity index (χ1v) is 8.28. The predicted molar refractivity (Wildman–Crippen MR) is 86.4 cm³/mol. The highest BCUT2D eigenvalue weighted by Crippen LogP contribution is 2.29. The van der Waals surface area contributed by atoms with Gasteiger partial charge < -0.3 is 14.4 Å². The van der Waals surface area contributed by atoms with E-state index in [1.165, 1.54) is 5.56 Å². The van der Waals surface area contributed by atoms with Crippen LogP contribution in [0.2, 0.25) is 0 Å². The molecule has 4 nitrogen and oxygen atoms in total. The molecule has 3 rings (SSSR count). The van der Waals surface area contributed by atoms with Crippen LogP contribution in [0.5, 0.6) is 11.5 Å². The lowest BCUT2D eigenvalue weighted by atomic mass is 10.3. The quantitative estimate of drug-likeness (QED) is 0.786. The smallest absolute Gasteiger partial charge is 0.261 e. The first-order chi connectivity index (χ1) is 10.8. The summed E-state index contributed by atoms with van der Waals surface area (Å²) in [7, 11) is 1.61. The summed E-state index contributed by atoms with van der Waals surface area (Å²) < 4.78 is 10.8.